The smallest absolute Gasteiger partial charge is 0.0465 e. The average molecular weight is 359 g/mol. The van der Waals surface area contributed by atoms with Gasteiger partial charge in [-0.1, -0.05) is 63.4 Å². The normalized spacial score (nSPS) is 12.4. The van der Waals surface area contributed by atoms with Gasteiger partial charge in [0.05, 0.1) is 0 Å². The molecule has 2 aromatic rings. The van der Waals surface area contributed by atoms with Gasteiger partial charge in [0.1, 0.15) is 0 Å². The van der Waals surface area contributed by atoms with E-state index in [9.17, 15) is 0 Å². The van der Waals surface area contributed by atoms with Crippen LogP contribution in [-0.4, -0.2) is 0 Å². The molecule has 1 atom stereocenters. The summed E-state index contributed by atoms with van der Waals surface area (Å²) in [7, 11) is 0. The largest absolute Gasteiger partial charge is 0.306 e. The Labute approximate surface area is 132 Å². The topological polar surface area (TPSA) is 12.0 Å². The Morgan fingerprint density at radius 2 is 1.68 bits per heavy atom. The summed E-state index contributed by atoms with van der Waals surface area (Å²) in [5.41, 5.74) is 2.15. The van der Waals surface area contributed by atoms with E-state index < -0.39 is 0 Å². The van der Waals surface area contributed by atoms with Crippen molar-refractivity contribution in [2.45, 2.75) is 19.5 Å². The van der Waals surface area contributed by atoms with E-state index in [4.69, 9.17) is 23.2 Å². The van der Waals surface area contributed by atoms with E-state index in [-0.39, 0.29) is 6.04 Å². The van der Waals surface area contributed by atoms with E-state index >= 15 is 0 Å². The fourth-order valence-electron chi connectivity index (χ4n) is 1.89. The number of nitrogens with one attached hydrogen (secondary N) is 1. The lowest BCUT2D eigenvalue weighted by Gasteiger charge is -2.17. The molecule has 2 rings (SSSR count). The predicted octanol–water partition coefficient (Wildman–Crippen LogP) is 5.61. The molecule has 4 heteroatoms. The molecule has 1 N–H and O–H groups in total. The molecule has 1 nitrogen and oxygen atoms in total. The summed E-state index contributed by atoms with van der Waals surface area (Å²) in [6.45, 7) is 2.76. The van der Waals surface area contributed by atoms with Crippen molar-refractivity contribution in [2.75, 3.05) is 0 Å². The van der Waals surface area contributed by atoms with E-state index in [2.05, 4.69) is 34.2 Å². The van der Waals surface area contributed by atoms with Crippen molar-refractivity contribution >= 4 is 39.1 Å². The Hall–Kier alpha value is -0.540. The number of benzene rings is 2. The van der Waals surface area contributed by atoms with Crippen molar-refractivity contribution in [1.29, 1.82) is 0 Å². The molecule has 0 saturated carbocycles. The number of hydrogen-bond donors (Lipinski definition) is 1. The molecule has 0 amide bonds. The maximum Gasteiger partial charge on any atom is 0.0465 e. The van der Waals surface area contributed by atoms with Crippen LogP contribution in [0.4, 0.5) is 0 Å². The van der Waals surface area contributed by atoms with Gasteiger partial charge in [0.15, 0.2) is 0 Å². The van der Waals surface area contributed by atoms with Gasteiger partial charge in [0, 0.05) is 32.7 Å². The van der Waals surface area contributed by atoms with E-state index in [1.54, 1.807) is 0 Å². The lowest BCUT2D eigenvalue weighted by molar-refractivity contribution is 0.573. The molecule has 0 spiro atoms. The third-order valence-electron chi connectivity index (χ3n) is 3.02. The van der Waals surface area contributed by atoms with Crippen molar-refractivity contribution in [3.05, 3.63) is 68.1 Å². The first-order valence-electron chi connectivity index (χ1n) is 6.00. The van der Waals surface area contributed by atoms with Gasteiger partial charge in [-0.3, -0.25) is 0 Å². The van der Waals surface area contributed by atoms with Gasteiger partial charge >= 0.3 is 0 Å². The molecule has 0 aliphatic carbocycles. The summed E-state index contributed by atoms with van der Waals surface area (Å²) in [6.07, 6.45) is 0. The summed E-state index contributed by atoms with van der Waals surface area (Å²) in [5, 5.41) is 4.83. The zero-order valence-corrected chi connectivity index (χ0v) is 13.6. The lowest BCUT2D eigenvalue weighted by atomic mass is 10.1. The molecule has 0 fully saturated rings. The van der Waals surface area contributed by atoms with Crippen LogP contribution in [0.2, 0.25) is 10.0 Å². The first-order chi connectivity index (χ1) is 9.09. The van der Waals surface area contributed by atoms with Crippen molar-refractivity contribution in [3.63, 3.8) is 0 Å². The first kappa shape index (κ1) is 14.9. The molecule has 0 aromatic heterocycles. The third-order valence-corrected chi connectivity index (χ3v) is 4.45. The van der Waals surface area contributed by atoms with Crippen LogP contribution in [0.5, 0.6) is 0 Å². The second-order valence-electron chi connectivity index (χ2n) is 4.32. The fourth-order valence-corrected chi connectivity index (χ4v) is 3.05. The third kappa shape index (κ3) is 3.73. The molecule has 0 saturated heterocycles. The minimum absolute atomic E-state index is 0.211. The standard InChI is InChI=1S/C15H14BrCl2N/c1-10(11-5-2-3-6-13(11)16)19-9-12-14(17)7-4-8-15(12)18/h2-8,10,19H,9H2,1H3. The number of hydrogen-bond acceptors (Lipinski definition) is 1. The van der Waals surface area contributed by atoms with Gasteiger partial charge in [-0.15, -0.1) is 0 Å². The second-order valence-corrected chi connectivity index (χ2v) is 5.99. The Kier molecular flexibility index (Phi) is 5.28. The Bertz CT molecular complexity index is 552. The van der Waals surface area contributed by atoms with Crippen LogP contribution < -0.4 is 5.32 Å². The maximum atomic E-state index is 6.16. The van der Waals surface area contributed by atoms with Gasteiger partial charge in [-0.2, -0.15) is 0 Å². The minimum atomic E-state index is 0.211. The average Bonchev–Trinajstić information content (AvgIpc) is 2.38. The monoisotopic (exact) mass is 357 g/mol. The molecule has 0 bridgehead atoms. The molecular formula is C15H14BrCl2N. The first-order valence-corrected chi connectivity index (χ1v) is 7.55. The van der Waals surface area contributed by atoms with Gasteiger partial charge in [-0.25, -0.2) is 0 Å². The summed E-state index contributed by atoms with van der Waals surface area (Å²) in [5.74, 6) is 0. The molecule has 0 heterocycles. The summed E-state index contributed by atoms with van der Waals surface area (Å²) in [4.78, 5) is 0. The molecule has 100 valence electrons. The zero-order valence-electron chi connectivity index (χ0n) is 10.5. The van der Waals surface area contributed by atoms with Crippen molar-refractivity contribution < 1.29 is 0 Å². The molecular weight excluding hydrogens is 345 g/mol. The van der Waals surface area contributed by atoms with Crippen molar-refractivity contribution in [2.24, 2.45) is 0 Å². The van der Waals surface area contributed by atoms with E-state index in [1.165, 1.54) is 5.56 Å². The van der Waals surface area contributed by atoms with Gasteiger partial charge < -0.3 is 5.32 Å². The van der Waals surface area contributed by atoms with E-state index in [1.807, 2.05) is 36.4 Å². The van der Waals surface area contributed by atoms with Crippen molar-refractivity contribution in [3.8, 4) is 0 Å². The van der Waals surface area contributed by atoms with Crippen LogP contribution in [-0.2, 0) is 6.54 Å². The van der Waals surface area contributed by atoms with Crippen LogP contribution in [0, 0.1) is 0 Å². The quantitative estimate of drug-likeness (QED) is 0.749. The molecule has 0 aliphatic heterocycles. The second kappa shape index (κ2) is 6.76. The van der Waals surface area contributed by atoms with Crippen LogP contribution in [0.1, 0.15) is 24.1 Å². The van der Waals surface area contributed by atoms with Crippen LogP contribution >= 0.6 is 39.1 Å². The Morgan fingerprint density at radius 1 is 1.05 bits per heavy atom. The van der Waals surface area contributed by atoms with Gasteiger partial charge in [0.2, 0.25) is 0 Å². The molecule has 0 radical (unpaired) electrons. The highest BCUT2D eigenvalue weighted by Crippen LogP contribution is 2.26. The molecule has 19 heavy (non-hydrogen) atoms. The van der Waals surface area contributed by atoms with Gasteiger partial charge in [-0.05, 0) is 30.7 Å². The highest BCUT2D eigenvalue weighted by Gasteiger charge is 2.10. The molecule has 2 aromatic carbocycles. The number of halogens is 3. The minimum Gasteiger partial charge on any atom is -0.306 e. The van der Waals surface area contributed by atoms with Crippen LogP contribution in [0.3, 0.4) is 0 Å². The van der Waals surface area contributed by atoms with Gasteiger partial charge in [0.25, 0.3) is 0 Å². The Balaban J connectivity index is 2.09. The summed E-state index contributed by atoms with van der Waals surface area (Å²) in [6, 6.07) is 13.9. The predicted molar refractivity (Wildman–Crippen MR) is 85.9 cm³/mol. The highest BCUT2D eigenvalue weighted by atomic mass is 79.9. The van der Waals surface area contributed by atoms with Crippen LogP contribution in [0.15, 0.2) is 46.9 Å². The van der Waals surface area contributed by atoms with E-state index in [0.717, 1.165) is 10.0 Å². The maximum absolute atomic E-state index is 6.16. The van der Waals surface area contributed by atoms with Crippen LogP contribution in [0.25, 0.3) is 0 Å². The molecule has 0 aliphatic rings. The highest BCUT2D eigenvalue weighted by molar-refractivity contribution is 9.10. The Morgan fingerprint density at radius 3 is 2.32 bits per heavy atom. The fraction of sp³-hybridized carbons (Fsp3) is 0.200. The van der Waals surface area contributed by atoms with E-state index in [0.29, 0.717) is 16.6 Å². The lowest BCUT2D eigenvalue weighted by Crippen LogP contribution is -2.18. The SMILES string of the molecule is CC(NCc1c(Cl)cccc1Cl)c1ccccc1Br. The number of rotatable bonds is 4. The summed E-state index contributed by atoms with van der Waals surface area (Å²) >= 11 is 15.9. The summed E-state index contributed by atoms with van der Waals surface area (Å²) < 4.78 is 1.10. The van der Waals surface area contributed by atoms with Crippen molar-refractivity contribution in [1.82, 2.24) is 5.32 Å². The molecule has 1 unspecified atom stereocenters. The zero-order chi connectivity index (χ0) is 13.8.